The molecule has 17 heavy (non-hydrogen) atoms. The molecule has 0 heterocycles. The van der Waals surface area contributed by atoms with E-state index in [0.717, 1.165) is 0 Å². The molecule has 0 saturated heterocycles. The van der Waals surface area contributed by atoms with Gasteiger partial charge in [-0.15, -0.1) is 0 Å². The van der Waals surface area contributed by atoms with E-state index in [-0.39, 0.29) is 0 Å². The number of hydrogen-bond acceptors (Lipinski definition) is 6. The Kier molecular flexibility index (Phi) is 2.72. The molecule has 0 saturated carbocycles. The van der Waals surface area contributed by atoms with Crippen LogP contribution in [0.25, 0.3) is 0 Å². The van der Waals surface area contributed by atoms with Gasteiger partial charge in [0, 0.05) is 4.92 Å². The van der Waals surface area contributed by atoms with Gasteiger partial charge >= 0.3 is 5.00 Å². The Hall–Kier alpha value is -2.30. The molecule has 0 aromatic heterocycles. The zero-order chi connectivity index (χ0) is 13.4. The van der Waals surface area contributed by atoms with Crippen molar-refractivity contribution in [3.8, 4) is 18.2 Å². The molecule has 1 aliphatic carbocycles. The molecule has 7 nitrogen and oxygen atoms in total. The van der Waals surface area contributed by atoms with E-state index in [1.54, 1.807) is 18.2 Å². The maximum atomic E-state index is 11.0. The van der Waals surface area contributed by atoms with Gasteiger partial charge in [-0.1, -0.05) is 6.92 Å². The van der Waals surface area contributed by atoms with Crippen molar-refractivity contribution in [3.63, 3.8) is 0 Å². The SMILES string of the molecule is C[C@@H]1C(C#N)(C#N)C(C#N)=C(N)[C@]1(Cl)[N+](=O)[O-]. The summed E-state index contributed by atoms with van der Waals surface area (Å²) in [5.74, 6) is -1.23. The van der Waals surface area contributed by atoms with Crippen LogP contribution in [0, 0.1) is 55.4 Å². The summed E-state index contributed by atoms with van der Waals surface area (Å²) in [6.07, 6.45) is 0. The van der Waals surface area contributed by atoms with Crippen LogP contribution in [0.1, 0.15) is 6.92 Å². The van der Waals surface area contributed by atoms with Crippen molar-refractivity contribution in [2.24, 2.45) is 17.1 Å². The molecular weight excluding hydrogens is 246 g/mol. The molecular formula is C9H6ClN5O2. The highest BCUT2D eigenvalue weighted by Crippen LogP contribution is 2.53. The summed E-state index contributed by atoms with van der Waals surface area (Å²) in [6.45, 7) is 1.25. The predicted octanol–water partition coefficient (Wildman–Crippen LogP) is 0.618. The lowest BCUT2D eigenvalue weighted by Gasteiger charge is -2.23. The molecule has 0 aromatic rings. The van der Waals surface area contributed by atoms with Crippen LogP contribution < -0.4 is 5.73 Å². The second kappa shape index (κ2) is 3.62. The van der Waals surface area contributed by atoms with Crippen molar-refractivity contribution in [2.75, 3.05) is 0 Å². The second-order valence-corrected chi connectivity index (χ2v) is 4.16. The van der Waals surface area contributed by atoms with Crippen LogP contribution >= 0.6 is 11.6 Å². The summed E-state index contributed by atoms with van der Waals surface area (Å²) in [7, 11) is 0. The zero-order valence-electron chi connectivity index (χ0n) is 8.64. The monoisotopic (exact) mass is 251 g/mol. The van der Waals surface area contributed by atoms with Crippen LogP contribution in [-0.4, -0.2) is 9.92 Å². The van der Waals surface area contributed by atoms with Crippen LogP contribution in [-0.2, 0) is 0 Å². The van der Waals surface area contributed by atoms with Gasteiger partial charge in [0.1, 0.15) is 5.70 Å². The molecule has 0 aliphatic heterocycles. The summed E-state index contributed by atoms with van der Waals surface area (Å²) in [6, 6.07) is 4.78. The van der Waals surface area contributed by atoms with Crippen molar-refractivity contribution in [3.05, 3.63) is 21.4 Å². The Labute approximate surface area is 101 Å². The summed E-state index contributed by atoms with van der Waals surface area (Å²) < 4.78 is 0. The standard InChI is InChI=1S/C9H6ClN5O2/c1-5-8(3-12,4-13)6(2-11)7(14)9(5,10)15(16)17/h5H,14H2,1H3/t5-,9-/m1/s1. The Balaban J connectivity index is 3.70. The predicted molar refractivity (Wildman–Crippen MR) is 55.2 cm³/mol. The lowest BCUT2D eigenvalue weighted by Crippen LogP contribution is -2.44. The second-order valence-electron chi connectivity index (χ2n) is 3.58. The highest BCUT2D eigenvalue weighted by atomic mass is 35.5. The van der Waals surface area contributed by atoms with Crippen molar-refractivity contribution in [2.45, 2.75) is 11.9 Å². The van der Waals surface area contributed by atoms with Gasteiger partial charge in [-0.25, -0.2) is 0 Å². The molecule has 0 amide bonds. The Morgan fingerprint density at radius 3 is 2.18 bits per heavy atom. The average molecular weight is 252 g/mol. The molecule has 1 aliphatic rings. The molecule has 0 radical (unpaired) electrons. The summed E-state index contributed by atoms with van der Waals surface area (Å²) in [5, 5.41) is 37.9. The van der Waals surface area contributed by atoms with E-state index in [9.17, 15) is 10.1 Å². The van der Waals surface area contributed by atoms with Gasteiger partial charge in [-0.05, 0) is 11.6 Å². The zero-order valence-corrected chi connectivity index (χ0v) is 9.39. The minimum absolute atomic E-state index is 0.443. The van der Waals surface area contributed by atoms with E-state index in [2.05, 4.69) is 0 Å². The fraction of sp³-hybridized carbons (Fsp3) is 0.444. The van der Waals surface area contributed by atoms with Crippen molar-refractivity contribution in [1.29, 1.82) is 15.8 Å². The number of nitro groups is 1. The van der Waals surface area contributed by atoms with E-state index >= 15 is 0 Å². The quantitative estimate of drug-likeness (QED) is 0.313. The van der Waals surface area contributed by atoms with Crippen LogP contribution in [0.15, 0.2) is 11.3 Å². The van der Waals surface area contributed by atoms with E-state index in [0.29, 0.717) is 0 Å². The normalized spacial score (nSPS) is 30.2. The number of nitrogens with two attached hydrogens (primary N) is 1. The number of nitrogens with zero attached hydrogens (tertiary/aromatic N) is 4. The van der Waals surface area contributed by atoms with Crippen LogP contribution in [0.4, 0.5) is 0 Å². The molecule has 1 rings (SSSR count). The van der Waals surface area contributed by atoms with E-state index in [1.165, 1.54) is 6.92 Å². The topological polar surface area (TPSA) is 141 Å². The molecule has 8 heteroatoms. The summed E-state index contributed by atoms with van der Waals surface area (Å²) in [5.41, 5.74) is 2.51. The average Bonchev–Trinajstić information content (AvgIpc) is 2.48. The van der Waals surface area contributed by atoms with Crippen LogP contribution in [0.3, 0.4) is 0 Å². The van der Waals surface area contributed by atoms with E-state index in [4.69, 9.17) is 33.1 Å². The third-order valence-corrected chi connectivity index (χ3v) is 3.66. The van der Waals surface area contributed by atoms with E-state index < -0.39 is 32.5 Å². The van der Waals surface area contributed by atoms with Crippen molar-refractivity contribution < 1.29 is 4.92 Å². The van der Waals surface area contributed by atoms with Crippen LogP contribution in [0.2, 0.25) is 0 Å². The summed E-state index contributed by atoms with van der Waals surface area (Å²) in [4.78, 5) is 7.77. The largest absolute Gasteiger partial charge is 0.394 e. The summed E-state index contributed by atoms with van der Waals surface area (Å²) >= 11 is 5.79. The van der Waals surface area contributed by atoms with Gasteiger partial charge in [0.05, 0.1) is 29.7 Å². The molecule has 0 unspecified atom stereocenters. The van der Waals surface area contributed by atoms with Crippen molar-refractivity contribution >= 4 is 11.6 Å². The first-order valence-corrected chi connectivity index (χ1v) is 4.77. The first-order valence-electron chi connectivity index (χ1n) is 4.39. The van der Waals surface area contributed by atoms with Gasteiger partial charge in [0.25, 0.3) is 0 Å². The van der Waals surface area contributed by atoms with Gasteiger partial charge in [-0.2, -0.15) is 15.8 Å². The maximum absolute atomic E-state index is 11.0. The molecule has 2 N–H and O–H groups in total. The number of rotatable bonds is 1. The number of halogens is 1. The number of nitriles is 3. The highest BCUT2D eigenvalue weighted by molar-refractivity contribution is 6.25. The Morgan fingerprint density at radius 2 is 1.94 bits per heavy atom. The number of hydrogen-bond donors (Lipinski definition) is 1. The maximum Gasteiger partial charge on any atom is 0.340 e. The molecule has 2 atom stereocenters. The molecule has 0 fully saturated rings. The third-order valence-electron chi connectivity index (χ3n) is 2.99. The van der Waals surface area contributed by atoms with Crippen molar-refractivity contribution in [1.82, 2.24) is 0 Å². The van der Waals surface area contributed by atoms with Gasteiger partial charge < -0.3 is 5.73 Å². The third kappa shape index (κ3) is 1.19. The fourth-order valence-electron chi connectivity index (χ4n) is 1.86. The minimum atomic E-state index is -2.30. The Morgan fingerprint density at radius 1 is 1.47 bits per heavy atom. The smallest absolute Gasteiger partial charge is 0.340 e. The molecule has 86 valence electrons. The lowest BCUT2D eigenvalue weighted by molar-refractivity contribution is -0.540. The lowest BCUT2D eigenvalue weighted by atomic mass is 9.76. The fourth-order valence-corrected chi connectivity index (χ4v) is 2.12. The van der Waals surface area contributed by atoms with E-state index in [1.807, 2.05) is 0 Å². The Bertz CT molecular complexity index is 535. The number of allylic oxidation sites excluding steroid dienone is 1. The molecule has 0 bridgehead atoms. The first-order chi connectivity index (χ1) is 7.82. The van der Waals surface area contributed by atoms with Gasteiger partial charge in [0.2, 0.25) is 0 Å². The number of alkyl halides is 1. The molecule has 0 spiro atoms. The van der Waals surface area contributed by atoms with Gasteiger partial charge in [-0.3, -0.25) is 10.1 Å². The molecule has 0 aromatic carbocycles. The van der Waals surface area contributed by atoms with Gasteiger partial charge in [0.15, 0.2) is 5.41 Å². The van der Waals surface area contributed by atoms with Crippen LogP contribution in [0.5, 0.6) is 0 Å². The minimum Gasteiger partial charge on any atom is -0.394 e. The highest BCUT2D eigenvalue weighted by Gasteiger charge is 2.68. The first kappa shape index (κ1) is 12.8.